The molecule has 0 aliphatic heterocycles. The van der Waals surface area contributed by atoms with Gasteiger partial charge in [0.1, 0.15) is 0 Å². The molecule has 3 nitrogen and oxygen atoms in total. The van der Waals surface area contributed by atoms with E-state index in [0.29, 0.717) is 5.56 Å². The highest BCUT2D eigenvalue weighted by Gasteiger charge is 2.03. The van der Waals surface area contributed by atoms with E-state index in [9.17, 15) is 4.79 Å². The van der Waals surface area contributed by atoms with Crippen molar-refractivity contribution in [3.8, 4) is 0 Å². The van der Waals surface area contributed by atoms with Gasteiger partial charge >= 0.3 is 0 Å². The smallest absolute Gasteiger partial charge is 0.276 e. The molecule has 0 atom stereocenters. The molecule has 0 aliphatic carbocycles. The Bertz CT molecular complexity index is 610. The van der Waals surface area contributed by atoms with E-state index < -0.39 is 0 Å². The van der Waals surface area contributed by atoms with Gasteiger partial charge in [-0.05, 0) is 36.8 Å². The van der Waals surface area contributed by atoms with Crippen LogP contribution >= 0.6 is 0 Å². The second kappa shape index (κ2) is 6.15. The topological polar surface area (TPSA) is 32.7 Å². The zero-order valence-electron chi connectivity index (χ0n) is 12.0. The third kappa shape index (κ3) is 3.54. The summed E-state index contributed by atoms with van der Waals surface area (Å²) < 4.78 is 0. The Balaban J connectivity index is 2.09. The molecule has 3 heteroatoms. The lowest BCUT2D eigenvalue weighted by molar-refractivity contribution is 0.100. The van der Waals surface area contributed by atoms with E-state index in [2.05, 4.69) is 4.99 Å². The fourth-order valence-electron chi connectivity index (χ4n) is 1.76. The number of nitrogens with zero attached hydrogens (tertiary/aromatic N) is 2. The zero-order chi connectivity index (χ0) is 14.5. The molecule has 0 aliphatic rings. The summed E-state index contributed by atoms with van der Waals surface area (Å²) in [5.41, 5.74) is 3.77. The maximum absolute atomic E-state index is 12.0. The molecule has 20 heavy (non-hydrogen) atoms. The first kappa shape index (κ1) is 14.0. The van der Waals surface area contributed by atoms with Gasteiger partial charge in [0.05, 0.1) is 0 Å². The lowest BCUT2D eigenvalue weighted by Crippen LogP contribution is -2.08. The Hall–Kier alpha value is -2.42. The summed E-state index contributed by atoms with van der Waals surface area (Å²) in [5, 5.41) is 0. The Morgan fingerprint density at radius 3 is 2.15 bits per heavy atom. The number of carbonyl (C=O) groups excluding carboxylic acids is 1. The molecule has 0 radical (unpaired) electrons. The third-order valence-corrected chi connectivity index (χ3v) is 3.04. The first-order chi connectivity index (χ1) is 9.56. The van der Waals surface area contributed by atoms with Crippen LogP contribution in [0.3, 0.4) is 0 Å². The normalized spacial score (nSPS) is 10.8. The van der Waals surface area contributed by atoms with Crippen LogP contribution in [0.25, 0.3) is 0 Å². The molecule has 0 spiro atoms. The van der Waals surface area contributed by atoms with Gasteiger partial charge in [0.2, 0.25) is 0 Å². The number of hydrogen-bond donors (Lipinski definition) is 0. The first-order valence-electron chi connectivity index (χ1n) is 6.49. The van der Waals surface area contributed by atoms with Gasteiger partial charge in [0.15, 0.2) is 0 Å². The number of aryl methyl sites for hydroxylation is 1. The van der Waals surface area contributed by atoms with Crippen molar-refractivity contribution < 1.29 is 4.79 Å². The lowest BCUT2D eigenvalue weighted by Gasteiger charge is -2.11. The molecule has 0 saturated carbocycles. The van der Waals surface area contributed by atoms with Gasteiger partial charge in [-0.1, -0.05) is 29.8 Å². The number of anilines is 1. The number of amides is 1. The van der Waals surface area contributed by atoms with Crippen molar-refractivity contribution >= 4 is 17.8 Å². The van der Waals surface area contributed by atoms with Crippen LogP contribution in [0, 0.1) is 6.92 Å². The number of rotatable bonds is 3. The van der Waals surface area contributed by atoms with Gasteiger partial charge < -0.3 is 4.90 Å². The van der Waals surface area contributed by atoms with Crippen molar-refractivity contribution in [1.29, 1.82) is 0 Å². The van der Waals surface area contributed by atoms with Crippen LogP contribution in [0.2, 0.25) is 0 Å². The second-order valence-corrected chi connectivity index (χ2v) is 4.92. The molecular formula is C17H18N2O. The van der Waals surface area contributed by atoms with Gasteiger partial charge in [-0.15, -0.1) is 0 Å². The number of hydrogen-bond acceptors (Lipinski definition) is 2. The highest BCUT2D eigenvalue weighted by molar-refractivity contribution is 6.01. The Morgan fingerprint density at radius 1 is 1.00 bits per heavy atom. The average Bonchev–Trinajstić information content (AvgIpc) is 2.46. The minimum atomic E-state index is -0.226. The first-order valence-corrected chi connectivity index (χ1v) is 6.49. The summed E-state index contributed by atoms with van der Waals surface area (Å²) in [4.78, 5) is 17.9. The van der Waals surface area contributed by atoms with Gasteiger partial charge in [-0.3, -0.25) is 4.79 Å². The van der Waals surface area contributed by atoms with Gasteiger partial charge in [-0.2, -0.15) is 0 Å². The highest BCUT2D eigenvalue weighted by atomic mass is 16.1. The molecule has 0 aromatic heterocycles. The van der Waals surface area contributed by atoms with Crippen LogP contribution in [0.15, 0.2) is 53.5 Å². The fraction of sp³-hybridized carbons (Fsp3) is 0.176. The molecule has 1 amide bonds. The minimum Gasteiger partial charge on any atom is -0.378 e. The summed E-state index contributed by atoms with van der Waals surface area (Å²) in [5.74, 6) is -0.226. The van der Waals surface area contributed by atoms with E-state index in [0.717, 1.165) is 11.3 Å². The van der Waals surface area contributed by atoms with Gasteiger partial charge in [0, 0.05) is 31.6 Å². The maximum atomic E-state index is 12.0. The number of aliphatic imine (C=N–C) groups is 1. The average molecular weight is 266 g/mol. The van der Waals surface area contributed by atoms with Crippen molar-refractivity contribution in [2.75, 3.05) is 19.0 Å². The molecular weight excluding hydrogens is 248 g/mol. The van der Waals surface area contributed by atoms with E-state index in [1.54, 1.807) is 18.3 Å². The standard InChI is InChI=1S/C17H18N2O/c1-13-4-6-14(7-5-13)12-18-17(20)15-8-10-16(11-9-15)19(2)3/h4-12H,1-3H3. The van der Waals surface area contributed by atoms with E-state index in [4.69, 9.17) is 0 Å². The van der Waals surface area contributed by atoms with Crippen LogP contribution in [0.4, 0.5) is 5.69 Å². The summed E-state index contributed by atoms with van der Waals surface area (Å²) in [6.07, 6.45) is 1.60. The molecule has 0 heterocycles. The third-order valence-electron chi connectivity index (χ3n) is 3.04. The SMILES string of the molecule is Cc1ccc(C=NC(=O)c2ccc(N(C)C)cc2)cc1. The molecule has 0 bridgehead atoms. The van der Waals surface area contributed by atoms with E-state index >= 15 is 0 Å². The van der Waals surface area contributed by atoms with Gasteiger partial charge in [-0.25, -0.2) is 4.99 Å². The molecule has 102 valence electrons. The Kier molecular flexibility index (Phi) is 4.31. The van der Waals surface area contributed by atoms with Crippen molar-refractivity contribution in [2.45, 2.75) is 6.92 Å². The Morgan fingerprint density at radius 2 is 1.60 bits per heavy atom. The second-order valence-electron chi connectivity index (χ2n) is 4.92. The van der Waals surface area contributed by atoms with Crippen molar-refractivity contribution in [3.63, 3.8) is 0 Å². The predicted octanol–water partition coefficient (Wildman–Crippen LogP) is 3.32. The number of carbonyl (C=O) groups is 1. The van der Waals surface area contributed by atoms with Crippen LogP contribution in [0.5, 0.6) is 0 Å². The molecule has 2 rings (SSSR count). The van der Waals surface area contributed by atoms with Gasteiger partial charge in [0.25, 0.3) is 5.91 Å². The minimum absolute atomic E-state index is 0.226. The quantitative estimate of drug-likeness (QED) is 0.798. The van der Waals surface area contributed by atoms with Crippen molar-refractivity contribution in [1.82, 2.24) is 0 Å². The van der Waals surface area contributed by atoms with Crippen molar-refractivity contribution in [3.05, 3.63) is 65.2 Å². The molecule has 2 aromatic carbocycles. The lowest BCUT2D eigenvalue weighted by atomic mass is 10.1. The molecule has 0 fully saturated rings. The molecule has 0 N–H and O–H groups in total. The highest BCUT2D eigenvalue weighted by Crippen LogP contribution is 2.13. The van der Waals surface area contributed by atoms with Crippen molar-refractivity contribution in [2.24, 2.45) is 4.99 Å². The summed E-state index contributed by atoms with van der Waals surface area (Å²) in [6, 6.07) is 15.3. The largest absolute Gasteiger partial charge is 0.378 e. The molecule has 0 unspecified atom stereocenters. The summed E-state index contributed by atoms with van der Waals surface area (Å²) in [7, 11) is 3.93. The van der Waals surface area contributed by atoms with E-state index in [-0.39, 0.29) is 5.91 Å². The molecule has 0 saturated heterocycles. The number of benzene rings is 2. The zero-order valence-corrected chi connectivity index (χ0v) is 12.0. The summed E-state index contributed by atoms with van der Waals surface area (Å²) >= 11 is 0. The molecule has 2 aromatic rings. The monoisotopic (exact) mass is 266 g/mol. The van der Waals surface area contributed by atoms with Crippen LogP contribution < -0.4 is 4.90 Å². The fourth-order valence-corrected chi connectivity index (χ4v) is 1.76. The maximum Gasteiger partial charge on any atom is 0.276 e. The van der Waals surface area contributed by atoms with E-state index in [1.165, 1.54) is 5.56 Å². The summed E-state index contributed by atoms with van der Waals surface area (Å²) in [6.45, 7) is 2.03. The van der Waals surface area contributed by atoms with Crippen LogP contribution in [0.1, 0.15) is 21.5 Å². The van der Waals surface area contributed by atoms with Crippen LogP contribution in [-0.4, -0.2) is 26.2 Å². The van der Waals surface area contributed by atoms with Crippen LogP contribution in [-0.2, 0) is 0 Å². The predicted molar refractivity (Wildman–Crippen MR) is 83.9 cm³/mol. The Labute approximate surface area is 119 Å². The van der Waals surface area contributed by atoms with E-state index in [1.807, 2.05) is 62.3 Å².